The lowest BCUT2D eigenvalue weighted by atomic mass is 9.84. The third-order valence-corrected chi connectivity index (χ3v) is 9.93. The maximum absolute atomic E-state index is 7.14. The first-order valence-corrected chi connectivity index (χ1v) is 16.9. The minimum Gasteiger partial charge on any atom is -0.321 e. The topological polar surface area (TPSA) is 29.3 Å². The van der Waals surface area contributed by atoms with Crippen LogP contribution in [0.3, 0.4) is 0 Å². The Balaban J connectivity index is 1.84. The minimum absolute atomic E-state index is 0.404. The molecule has 5 rings (SSSR count). The van der Waals surface area contributed by atoms with Gasteiger partial charge in [0.15, 0.2) is 0 Å². The summed E-state index contributed by atoms with van der Waals surface area (Å²) < 4.78 is 0. The van der Waals surface area contributed by atoms with Gasteiger partial charge in [-0.2, -0.15) is 0 Å². The Hall–Kier alpha value is -3.40. The van der Waals surface area contributed by atoms with E-state index >= 15 is 0 Å². The highest BCUT2D eigenvalue weighted by Gasteiger charge is 2.31. The third-order valence-electron chi connectivity index (χ3n) is 7.89. The SMILES string of the molecule is CCC(N)(CC)c1ccc([Si](C)(C)C)cc1N(c1ccc2ccccc2c1)c1ccc2ccccc2c1. The molecule has 0 radical (unpaired) electrons. The zero-order chi connectivity index (χ0) is 26.2. The van der Waals surface area contributed by atoms with Gasteiger partial charge in [0.05, 0.1) is 13.8 Å². The first-order chi connectivity index (χ1) is 17.7. The van der Waals surface area contributed by atoms with E-state index in [1.54, 1.807) is 0 Å². The lowest BCUT2D eigenvalue weighted by Crippen LogP contribution is -2.41. The molecule has 0 bridgehead atoms. The number of rotatable bonds is 7. The summed E-state index contributed by atoms with van der Waals surface area (Å²) in [6.45, 7) is 11.7. The molecular weight excluding hydrogens is 464 g/mol. The predicted octanol–water partition coefficient (Wildman–Crippen LogP) is 8.98. The van der Waals surface area contributed by atoms with Crippen molar-refractivity contribution in [1.29, 1.82) is 0 Å². The van der Waals surface area contributed by atoms with Crippen molar-refractivity contribution < 1.29 is 0 Å². The second-order valence-corrected chi connectivity index (χ2v) is 16.3. The zero-order valence-corrected chi connectivity index (χ0v) is 23.8. The van der Waals surface area contributed by atoms with Crippen molar-refractivity contribution in [2.24, 2.45) is 5.73 Å². The average molecular weight is 503 g/mol. The minimum atomic E-state index is -1.57. The Morgan fingerprint density at radius 3 is 1.57 bits per heavy atom. The van der Waals surface area contributed by atoms with Crippen LogP contribution < -0.4 is 15.8 Å². The number of nitrogens with zero attached hydrogens (tertiary/aromatic N) is 1. The fourth-order valence-corrected chi connectivity index (χ4v) is 6.45. The van der Waals surface area contributed by atoms with Gasteiger partial charge in [-0.3, -0.25) is 0 Å². The Morgan fingerprint density at radius 2 is 1.11 bits per heavy atom. The van der Waals surface area contributed by atoms with Gasteiger partial charge >= 0.3 is 0 Å². The highest BCUT2D eigenvalue weighted by molar-refractivity contribution is 6.88. The molecule has 2 nitrogen and oxygen atoms in total. The van der Waals surface area contributed by atoms with Crippen LogP contribution in [0, 0.1) is 0 Å². The zero-order valence-electron chi connectivity index (χ0n) is 22.8. The van der Waals surface area contributed by atoms with E-state index in [2.05, 4.69) is 142 Å². The molecule has 0 amide bonds. The molecule has 0 atom stereocenters. The summed E-state index contributed by atoms with van der Waals surface area (Å²) in [5.41, 5.74) is 11.4. The molecule has 3 heteroatoms. The fourth-order valence-electron chi connectivity index (χ4n) is 5.29. The van der Waals surface area contributed by atoms with Gasteiger partial charge in [0.2, 0.25) is 0 Å². The summed E-state index contributed by atoms with van der Waals surface area (Å²) in [4.78, 5) is 2.44. The van der Waals surface area contributed by atoms with Crippen LogP contribution in [0.2, 0.25) is 19.6 Å². The van der Waals surface area contributed by atoms with E-state index in [1.165, 1.54) is 38.0 Å². The largest absolute Gasteiger partial charge is 0.321 e. The number of hydrogen-bond acceptors (Lipinski definition) is 2. The van der Waals surface area contributed by atoms with Crippen LogP contribution in [0.25, 0.3) is 21.5 Å². The van der Waals surface area contributed by atoms with Gasteiger partial charge < -0.3 is 10.6 Å². The summed E-state index contributed by atoms with van der Waals surface area (Å²) in [6.07, 6.45) is 1.76. The quantitative estimate of drug-likeness (QED) is 0.225. The monoisotopic (exact) mass is 502 g/mol. The molecule has 0 saturated heterocycles. The first-order valence-electron chi connectivity index (χ1n) is 13.4. The Bertz CT molecular complexity index is 1480. The van der Waals surface area contributed by atoms with Gasteiger partial charge in [0, 0.05) is 16.9 Å². The fraction of sp³-hybridized carbons (Fsp3) is 0.235. The number of hydrogen-bond donors (Lipinski definition) is 1. The van der Waals surface area contributed by atoms with E-state index in [4.69, 9.17) is 5.73 Å². The van der Waals surface area contributed by atoms with Crippen LogP contribution in [0.1, 0.15) is 32.3 Å². The van der Waals surface area contributed by atoms with Gasteiger partial charge in [-0.15, -0.1) is 0 Å². The van der Waals surface area contributed by atoms with Gasteiger partial charge in [0.25, 0.3) is 0 Å². The Kier molecular flexibility index (Phi) is 6.70. The van der Waals surface area contributed by atoms with Crippen molar-refractivity contribution >= 4 is 51.9 Å². The van der Waals surface area contributed by atoms with E-state index in [0.29, 0.717) is 0 Å². The smallest absolute Gasteiger partial charge is 0.0776 e. The van der Waals surface area contributed by atoms with E-state index in [-0.39, 0.29) is 0 Å². The third kappa shape index (κ3) is 4.82. The molecule has 2 N–H and O–H groups in total. The number of nitrogens with two attached hydrogens (primary N) is 1. The van der Waals surface area contributed by atoms with E-state index in [1.807, 2.05) is 0 Å². The van der Waals surface area contributed by atoms with Crippen LogP contribution in [-0.4, -0.2) is 8.07 Å². The van der Waals surface area contributed by atoms with Crippen molar-refractivity contribution in [3.05, 3.63) is 109 Å². The van der Waals surface area contributed by atoms with Gasteiger partial charge in [0.1, 0.15) is 0 Å². The summed E-state index contributed by atoms with van der Waals surface area (Å²) in [6, 6.07) is 37.8. The number of anilines is 3. The van der Waals surface area contributed by atoms with Crippen LogP contribution in [0.4, 0.5) is 17.1 Å². The lowest BCUT2D eigenvalue weighted by Gasteiger charge is -2.36. The summed E-state index contributed by atoms with van der Waals surface area (Å²) >= 11 is 0. The molecular formula is C34H38N2Si. The van der Waals surface area contributed by atoms with Crippen LogP contribution in [0.15, 0.2) is 103 Å². The van der Waals surface area contributed by atoms with Gasteiger partial charge in [-0.05, 0) is 70.3 Å². The van der Waals surface area contributed by atoms with Crippen molar-refractivity contribution in [2.75, 3.05) is 4.90 Å². The molecule has 0 saturated carbocycles. The van der Waals surface area contributed by atoms with Crippen LogP contribution in [0.5, 0.6) is 0 Å². The average Bonchev–Trinajstić information content (AvgIpc) is 2.92. The second kappa shape index (κ2) is 9.81. The highest BCUT2D eigenvalue weighted by Crippen LogP contribution is 2.42. The van der Waals surface area contributed by atoms with E-state index in [9.17, 15) is 0 Å². The number of benzene rings is 5. The molecule has 0 aliphatic heterocycles. The molecule has 0 aromatic heterocycles. The molecule has 0 fully saturated rings. The predicted molar refractivity (Wildman–Crippen MR) is 166 cm³/mol. The maximum atomic E-state index is 7.14. The van der Waals surface area contributed by atoms with Crippen molar-refractivity contribution in [2.45, 2.75) is 51.9 Å². The Morgan fingerprint density at radius 1 is 0.622 bits per heavy atom. The molecule has 37 heavy (non-hydrogen) atoms. The van der Waals surface area contributed by atoms with Gasteiger partial charge in [-0.1, -0.05) is 111 Å². The summed E-state index contributed by atoms with van der Waals surface area (Å²) in [7, 11) is -1.57. The van der Waals surface area contributed by atoms with E-state index < -0.39 is 13.6 Å². The molecule has 0 aliphatic rings. The summed E-state index contributed by atoms with van der Waals surface area (Å²) in [5.74, 6) is 0. The van der Waals surface area contributed by atoms with Crippen LogP contribution >= 0.6 is 0 Å². The first kappa shape index (κ1) is 25.3. The van der Waals surface area contributed by atoms with E-state index in [0.717, 1.165) is 24.2 Å². The normalized spacial score (nSPS) is 12.3. The molecule has 188 valence electrons. The standard InChI is InChI=1S/C34H38N2Si/c1-6-34(35,7-2)32-21-20-31(37(3,4)5)24-33(32)36(29-18-16-25-12-8-10-14-27(25)22-29)30-19-17-26-13-9-11-15-28(26)23-30/h8-24H,6-7,35H2,1-5H3. The second-order valence-electron chi connectivity index (χ2n) is 11.2. The molecule has 5 aromatic rings. The van der Waals surface area contributed by atoms with Crippen molar-refractivity contribution in [3.8, 4) is 0 Å². The Labute approximate surface area is 222 Å². The van der Waals surface area contributed by atoms with Crippen molar-refractivity contribution in [3.63, 3.8) is 0 Å². The maximum Gasteiger partial charge on any atom is 0.0776 e. The van der Waals surface area contributed by atoms with Crippen LogP contribution in [-0.2, 0) is 5.54 Å². The molecule has 0 unspecified atom stereocenters. The van der Waals surface area contributed by atoms with Crippen molar-refractivity contribution in [1.82, 2.24) is 0 Å². The molecule has 0 aliphatic carbocycles. The molecule has 0 heterocycles. The molecule has 5 aromatic carbocycles. The number of fused-ring (bicyclic) bond motifs is 2. The lowest BCUT2D eigenvalue weighted by molar-refractivity contribution is 0.413. The van der Waals surface area contributed by atoms with Gasteiger partial charge in [-0.25, -0.2) is 0 Å². The highest BCUT2D eigenvalue weighted by atomic mass is 28.3. The molecule has 0 spiro atoms. The summed E-state index contributed by atoms with van der Waals surface area (Å²) in [5, 5.41) is 6.40.